The Morgan fingerprint density at radius 1 is 1.25 bits per heavy atom. The second-order valence-corrected chi connectivity index (χ2v) is 6.12. The third kappa shape index (κ3) is 5.02. The number of carbonyl (C=O) groups excluding carboxylic acids is 1. The molecule has 0 aromatic rings. The maximum atomic E-state index is 12.7. The summed E-state index contributed by atoms with van der Waals surface area (Å²) in [7, 11) is 0. The molecule has 0 saturated heterocycles. The summed E-state index contributed by atoms with van der Waals surface area (Å²) in [5.74, 6) is -0.292. The molecule has 1 aliphatic rings. The Kier molecular flexibility index (Phi) is 6.30. The van der Waals surface area contributed by atoms with E-state index in [1.165, 1.54) is 0 Å². The molecule has 1 atom stereocenters. The highest BCUT2D eigenvalue weighted by Crippen LogP contribution is 2.29. The molecule has 0 bridgehead atoms. The number of hydrogen-bond acceptors (Lipinski definition) is 2. The van der Waals surface area contributed by atoms with E-state index in [1.807, 2.05) is 18.7 Å². The molecule has 0 spiro atoms. The summed E-state index contributed by atoms with van der Waals surface area (Å²) in [6.45, 7) is 9.35. The van der Waals surface area contributed by atoms with E-state index in [-0.39, 0.29) is 18.5 Å². The Hall–Kier alpha value is -1.26. The smallest absolute Gasteiger partial charge is 0.320 e. The average Bonchev–Trinajstić information content (AvgIpc) is 3.13. The SMILES string of the molecule is CCN(C(=O)N(CCC(C)C)C1CC1)C(C)CC(=O)O. The zero-order chi connectivity index (χ0) is 15.3. The van der Waals surface area contributed by atoms with Gasteiger partial charge in [-0.15, -0.1) is 0 Å². The second kappa shape index (κ2) is 7.50. The molecule has 5 nitrogen and oxygen atoms in total. The van der Waals surface area contributed by atoms with Gasteiger partial charge in [-0.3, -0.25) is 4.79 Å². The summed E-state index contributed by atoms with van der Waals surface area (Å²) in [5.41, 5.74) is 0. The molecule has 1 saturated carbocycles. The van der Waals surface area contributed by atoms with Gasteiger partial charge in [0.15, 0.2) is 0 Å². The molecule has 1 rings (SSSR count). The fourth-order valence-electron chi connectivity index (χ4n) is 2.38. The number of rotatable bonds is 8. The van der Waals surface area contributed by atoms with Crippen LogP contribution in [0.5, 0.6) is 0 Å². The Morgan fingerprint density at radius 2 is 1.85 bits per heavy atom. The van der Waals surface area contributed by atoms with Crippen molar-refractivity contribution in [1.82, 2.24) is 9.80 Å². The van der Waals surface area contributed by atoms with Crippen molar-refractivity contribution < 1.29 is 14.7 Å². The van der Waals surface area contributed by atoms with E-state index in [0.29, 0.717) is 18.5 Å². The lowest BCUT2D eigenvalue weighted by molar-refractivity contribution is -0.138. The Balaban J connectivity index is 2.67. The number of carboxylic acid groups (broad SMARTS) is 1. The van der Waals surface area contributed by atoms with Gasteiger partial charge in [0.25, 0.3) is 0 Å². The molecule has 1 unspecified atom stereocenters. The lowest BCUT2D eigenvalue weighted by Gasteiger charge is -2.34. The fourth-order valence-corrected chi connectivity index (χ4v) is 2.38. The lowest BCUT2D eigenvalue weighted by atomic mass is 10.1. The topological polar surface area (TPSA) is 60.9 Å². The van der Waals surface area contributed by atoms with Crippen LogP contribution in [0.25, 0.3) is 0 Å². The van der Waals surface area contributed by atoms with Gasteiger partial charge in [0.1, 0.15) is 0 Å². The van der Waals surface area contributed by atoms with Crippen molar-refractivity contribution in [2.24, 2.45) is 5.92 Å². The number of carboxylic acids is 1. The van der Waals surface area contributed by atoms with Crippen LogP contribution in [0.1, 0.15) is 53.4 Å². The number of amides is 2. The third-order valence-electron chi connectivity index (χ3n) is 3.77. The highest BCUT2D eigenvalue weighted by atomic mass is 16.4. The van der Waals surface area contributed by atoms with Crippen LogP contribution in [0, 0.1) is 5.92 Å². The van der Waals surface area contributed by atoms with E-state index in [1.54, 1.807) is 4.90 Å². The highest BCUT2D eigenvalue weighted by Gasteiger charge is 2.35. The summed E-state index contributed by atoms with van der Waals surface area (Å²) in [6.07, 6.45) is 3.15. The van der Waals surface area contributed by atoms with Crippen molar-refractivity contribution in [3.8, 4) is 0 Å². The largest absolute Gasteiger partial charge is 0.481 e. The molecule has 20 heavy (non-hydrogen) atoms. The van der Waals surface area contributed by atoms with E-state index in [2.05, 4.69) is 13.8 Å². The first kappa shape index (κ1) is 16.8. The fraction of sp³-hybridized carbons (Fsp3) is 0.867. The number of aliphatic carboxylic acids is 1. The van der Waals surface area contributed by atoms with E-state index in [0.717, 1.165) is 25.8 Å². The zero-order valence-corrected chi connectivity index (χ0v) is 13.1. The van der Waals surface area contributed by atoms with Gasteiger partial charge >= 0.3 is 12.0 Å². The molecule has 116 valence electrons. The second-order valence-electron chi connectivity index (χ2n) is 6.12. The van der Waals surface area contributed by atoms with Crippen LogP contribution in [-0.2, 0) is 4.79 Å². The highest BCUT2D eigenvalue weighted by molar-refractivity contribution is 5.76. The lowest BCUT2D eigenvalue weighted by Crippen LogP contribution is -2.49. The third-order valence-corrected chi connectivity index (χ3v) is 3.77. The number of nitrogens with zero attached hydrogens (tertiary/aromatic N) is 2. The predicted molar refractivity (Wildman–Crippen MR) is 78.7 cm³/mol. The van der Waals surface area contributed by atoms with Crippen molar-refractivity contribution in [2.45, 2.75) is 65.5 Å². The molecule has 0 radical (unpaired) electrons. The summed E-state index contributed by atoms with van der Waals surface area (Å²) in [5, 5.41) is 8.89. The molecule has 0 heterocycles. The standard InChI is InChI=1S/C15H28N2O3/c1-5-16(12(4)10-14(18)19)15(20)17(13-6-7-13)9-8-11(2)3/h11-13H,5-10H2,1-4H3,(H,18,19). The van der Waals surface area contributed by atoms with Crippen LogP contribution < -0.4 is 0 Å². The van der Waals surface area contributed by atoms with Crippen molar-refractivity contribution >= 4 is 12.0 Å². The van der Waals surface area contributed by atoms with Crippen LogP contribution in [-0.4, -0.2) is 52.1 Å². The maximum Gasteiger partial charge on any atom is 0.320 e. The van der Waals surface area contributed by atoms with Crippen LogP contribution in [0.3, 0.4) is 0 Å². The van der Waals surface area contributed by atoms with Gasteiger partial charge in [-0.2, -0.15) is 0 Å². The van der Waals surface area contributed by atoms with Gasteiger partial charge in [-0.25, -0.2) is 4.79 Å². The monoisotopic (exact) mass is 284 g/mol. The zero-order valence-electron chi connectivity index (χ0n) is 13.1. The molecular weight excluding hydrogens is 256 g/mol. The molecule has 0 aromatic heterocycles. The Morgan fingerprint density at radius 3 is 2.25 bits per heavy atom. The van der Waals surface area contributed by atoms with Crippen LogP contribution in [0.15, 0.2) is 0 Å². The Labute approximate surface area is 121 Å². The van der Waals surface area contributed by atoms with Gasteiger partial charge in [0.05, 0.1) is 6.42 Å². The molecule has 0 aromatic carbocycles. The summed E-state index contributed by atoms with van der Waals surface area (Å²) >= 11 is 0. The first-order valence-corrected chi connectivity index (χ1v) is 7.65. The normalized spacial score (nSPS) is 16.1. The van der Waals surface area contributed by atoms with Crippen molar-refractivity contribution in [2.75, 3.05) is 13.1 Å². The van der Waals surface area contributed by atoms with Gasteiger partial charge in [0.2, 0.25) is 0 Å². The minimum Gasteiger partial charge on any atom is -0.481 e. The molecular formula is C15H28N2O3. The number of urea groups is 1. The Bertz CT molecular complexity index is 340. The van der Waals surface area contributed by atoms with E-state index in [4.69, 9.17) is 5.11 Å². The number of hydrogen-bond donors (Lipinski definition) is 1. The van der Waals surface area contributed by atoms with E-state index in [9.17, 15) is 9.59 Å². The maximum absolute atomic E-state index is 12.7. The number of carbonyl (C=O) groups is 2. The minimum atomic E-state index is -0.857. The van der Waals surface area contributed by atoms with Gasteiger partial charge < -0.3 is 14.9 Å². The van der Waals surface area contributed by atoms with E-state index >= 15 is 0 Å². The average molecular weight is 284 g/mol. The molecule has 1 fully saturated rings. The van der Waals surface area contributed by atoms with Crippen LogP contribution in [0.2, 0.25) is 0 Å². The molecule has 5 heteroatoms. The van der Waals surface area contributed by atoms with Crippen molar-refractivity contribution in [1.29, 1.82) is 0 Å². The van der Waals surface area contributed by atoms with Crippen LogP contribution >= 0.6 is 0 Å². The summed E-state index contributed by atoms with van der Waals surface area (Å²) in [6, 6.07) is 0.113. The first-order chi connectivity index (χ1) is 9.36. The molecule has 0 aliphatic heterocycles. The van der Waals surface area contributed by atoms with Crippen molar-refractivity contribution in [3.63, 3.8) is 0 Å². The van der Waals surface area contributed by atoms with Crippen LogP contribution in [0.4, 0.5) is 4.79 Å². The minimum absolute atomic E-state index is 0.00225. The summed E-state index contributed by atoms with van der Waals surface area (Å²) in [4.78, 5) is 27.1. The van der Waals surface area contributed by atoms with Gasteiger partial charge in [-0.1, -0.05) is 13.8 Å². The molecule has 2 amide bonds. The van der Waals surface area contributed by atoms with E-state index < -0.39 is 5.97 Å². The predicted octanol–water partition coefficient (Wildman–Crippen LogP) is 2.80. The van der Waals surface area contributed by atoms with Gasteiger partial charge in [0, 0.05) is 25.2 Å². The quantitative estimate of drug-likeness (QED) is 0.745. The van der Waals surface area contributed by atoms with Crippen molar-refractivity contribution in [3.05, 3.63) is 0 Å². The first-order valence-electron chi connectivity index (χ1n) is 7.65. The molecule has 1 aliphatic carbocycles. The van der Waals surface area contributed by atoms with Gasteiger partial charge in [-0.05, 0) is 39.0 Å². The summed E-state index contributed by atoms with van der Waals surface area (Å²) < 4.78 is 0. The molecule has 1 N–H and O–H groups in total.